The van der Waals surface area contributed by atoms with Crippen molar-refractivity contribution < 1.29 is 29.0 Å². The first-order valence-corrected chi connectivity index (χ1v) is 10.7. The molecule has 0 fully saturated rings. The van der Waals surface area contributed by atoms with Crippen molar-refractivity contribution >= 4 is 34.2 Å². The van der Waals surface area contributed by atoms with Gasteiger partial charge in [-0.3, -0.25) is 4.79 Å². The average Bonchev–Trinajstić information content (AvgIpc) is 3.09. The maximum absolute atomic E-state index is 12.6. The molecule has 7 nitrogen and oxygen atoms in total. The zero-order valence-electron chi connectivity index (χ0n) is 17.0. The molecule has 0 aliphatic heterocycles. The lowest BCUT2D eigenvalue weighted by Gasteiger charge is -2.14. The number of ether oxygens (including phenoxy) is 2. The molecule has 1 amide bonds. The van der Waals surface area contributed by atoms with E-state index in [1.165, 1.54) is 23.5 Å². The Morgan fingerprint density at radius 1 is 1.10 bits per heavy atom. The highest BCUT2D eigenvalue weighted by Crippen LogP contribution is 2.38. The van der Waals surface area contributed by atoms with E-state index >= 15 is 0 Å². The van der Waals surface area contributed by atoms with Crippen LogP contribution in [0.3, 0.4) is 0 Å². The Morgan fingerprint density at radius 2 is 1.80 bits per heavy atom. The monoisotopic (exact) mass is 431 g/mol. The van der Waals surface area contributed by atoms with Gasteiger partial charge in [-0.25, -0.2) is 9.59 Å². The van der Waals surface area contributed by atoms with Crippen molar-refractivity contribution in [3.8, 4) is 0 Å². The number of benzene rings is 1. The van der Waals surface area contributed by atoms with Gasteiger partial charge < -0.3 is 19.9 Å². The second-order valence-corrected chi connectivity index (χ2v) is 8.45. The summed E-state index contributed by atoms with van der Waals surface area (Å²) in [5.74, 6) is -1.60. The van der Waals surface area contributed by atoms with E-state index in [1.807, 2.05) is 0 Å². The number of esters is 2. The highest BCUT2D eigenvalue weighted by Gasteiger charge is 2.28. The lowest BCUT2D eigenvalue weighted by Crippen LogP contribution is -2.22. The number of fused-ring (bicyclic) bond motifs is 1. The SMILES string of the molecule is CC(C)OC(=O)c1c(NC(=O)COC(=O)c2ccc(CO)cc2)sc2c1CCCC2. The molecule has 0 saturated carbocycles. The summed E-state index contributed by atoms with van der Waals surface area (Å²) in [6, 6.07) is 6.27. The third-order valence-electron chi connectivity index (χ3n) is 4.68. The number of hydrogen-bond donors (Lipinski definition) is 2. The van der Waals surface area contributed by atoms with Crippen LogP contribution in [0.15, 0.2) is 24.3 Å². The molecule has 0 spiro atoms. The number of hydrogen-bond acceptors (Lipinski definition) is 7. The summed E-state index contributed by atoms with van der Waals surface area (Å²) >= 11 is 1.38. The van der Waals surface area contributed by atoms with Crippen LogP contribution in [0.4, 0.5) is 5.00 Å². The molecular weight excluding hydrogens is 406 g/mol. The number of aryl methyl sites for hydroxylation is 1. The fraction of sp³-hybridized carbons (Fsp3) is 0.409. The number of nitrogens with one attached hydrogen (secondary N) is 1. The molecule has 3 rings (SSSR count). The maximum Gasteiger partial charge on any atom is 0.341 e. The van der Waals surface area contributed by atoms with E-state index in [9.17, 15) is 14.4 Å². The molecule has 8 heteroatoms. The molecule has 0 atom stereocenters. The minimum absolute atomic E-state index is 0.121. The first-order chi connectivity index (χ1) is 14.4. The molecular formula is C22H25NO6S. The minimum Gasteiger partial charge on any atom is -0.459 e. The van der Waals surface area contributed by atoms with Gasteiger partial charge in [-0.1, -0.05) is 12.1 Å². The number of carbonyl (C=O) groups is 3. The van der Waals surface area contributed by atoms with Crippen LogP contribution in [-0.4, -0.2) is 35.7 Å². The van der Waals surface area contributed by atoms with E-state index in [-0.39, 0.29) is 18.3 Å². The number of rotatable bonds is 7. The smallest absolute Gasteiger partial charge is 0.341 e. The van der Waals surface area contributed by atoms with E-state index in [1.54, 1.807) is 26.0 Å². The van der Waals surface area contributed by atoms with Gasteiger partial charge in [0.15, 0.2) is 6.61 Å². The molecule has 1 aromatic carbocycles. The van der Waals surface area contributed by atoms with Gasteiger partial charge in [0, 0.05) is 4.88 Å². The van der Waals surface area contributed by atoms with E-state index in [0.717, 1.165) is 36.1 Å². The lowest BCUT2D eigenvalue weighted by molar-refractivity contribution is -0.119. The Balaban J connectivity index is 1.67. The normalized spacial score (nSPS) is 12.9. The molecule has 0 radical (unpaired) electrons. The van der Waals surface area contributed by atoms with Gasteiger partial charge in [-0.15, -0.1) is 11.3 Å². The van der Waals surface area contributed by atoms with Gasteiger partial charge in [-0.05, 0) is 62.8 Å². The van der Waals surface area contributed by atoms with Crippen molar-refractivity contribution in [2.75, 3.05) is 11.9 Å². The summed E-state index contributed by atoms with van der Waals surface area (Å²) in [5.41, 5.74) is 2.33. The fourth-order valence-corrected chi connectivity index (χ4v) is 4.56. The topological polar surface area (TPSA) is 102 Å². The number of amides is 1. The molecule has 1 aliphatic carbocycles. The lowest BCUT2D eigenvalue weighted by atomic mass is 9.95. The molecule has 2 N–H and O–H groups in total. The van der Waals surface area contributed by atoms with E-state index < -0.39 is 24.5 Å². The van der Waals surface area contributed by atoms with Crippen molar-refractivity contribution in [2.24, 2.45) is 0 Å². The van der Waals surface area contributed by atoms with Gasteiger partial charge >= 0.3 is 11.9 Å². The van der Waals surface area contributed by atoms with Gasteiger partial charge in [0.25, 0.3) is 5.91 Å². The van der Waals surface area contributed by atoms with Crippen LogP contribution in [0, 0.1) is 0 Å². The summed E-state index contributed by atoms with van der Waals surface area (Å²) < 4.78 is 10.4. The minimum atomic E-state index is -0.639. The molecule has 1 aliphatic rings. The third-order valence-corrected chi connectivity index (χ3v) is 5.88. The number of thiophene rings is 1. The standard InChI is InChI=1S/C22H25NO6S/c1-13(2)29-22(27)19-16-5-3-4-6-17(16)30-20(19)23-18(25)12-28-21(26)15-9-7-14(11-24)8-10-15/h7-10,13,24H,3-6,11-12H2,1-2H3,(H,23,25). The zero-order valence-corrected chi connectivity index (χ0v) is 17.8. The number of anilines is 1. The van der Waals surface area contributed by atoms with Gasteiger partial charge in [0.2, 0.25) is 0 Å². The van der Waals surface area contributed by atoms with Crippen molar-refractivity contribution in [2.45, 2.75) is 52.2 Å². The van der Waals surface area contributed by atoms with Crippen LogP contribution in [0.2, 0.25) is 0 Å². The van der Waals surface area contributed by atoms with Crippen LogP contribution in [0.5, 0.6) is 0 Å². The van der Waals surface area contributed by atoms with E-state index in [4.69, 9.17) is 14.6 Å². The molecule has 1 heterocycles. The van der Waals surface area contributed by atoms with E-state index in [2.05, 4.69) is 5.32 Å². The first kappa shape index (κ1) is 22.0. The maximum atomic E-state index is 12.6. The van der Waals surface area contributed by atoms with Crippen LogP contribution in [-0.2, 0) is 33.7 Å². The average molecular weight is 432 g/mol. The Morgan fingerprint density at radius 3 is 2.47 bits per heavy atom. The van der Waals surface area contributed by atoms with Crippen molar-refractivity contribution in [1.82, 2.24) is 0 Å². The quantitative estimate of drug-likeness (QED) is 0.651. The summed E-state index contributed by atoms with van der Waals surface area (Å²) in [5, 5.41) is 12.2. The predicted molar refractivity (Wildman–Crippen MR) is 113 cm³/mol. The predicted octanol–water partition coefficient (Wildman–Crippen LogP) is 3.48. The summed E-state index contributed by atoms with van der Waals surface area (Å²) in [6.07, 6.45) is 3.43. The van der Waals surface area contributed by atoms with Crippen molar-refractivity contribution in [1.29, 1.82) is 0 Å². The third kappa shape index (κ3) is 5.25. The van der Waals surface area contributed by atoms with Gasteiger partial charge in [0.1, 0.15) is 5.00 Å². The van der Waals surface area contributed by atoms with Crippen LogP contribution in [0.25, 0.3) is 0 Å². The highest BCUT2D eigenvalue weighted by molar-refractivity contribution is 7.17. The number of aliphatic hydroxyl groups excluding tert-OH is 1. The second kappa shape index (κ2) is 9.86. The largest absolute Gasteiger partial charge is 0.459 e. The molecule has 0 unspecified atom stereocenters. The van der Waals surface area contributed by atoms with Gasteiger partial charge in [0.05, 0.1) is 23.8 Å². The Kier molecular flexibility index (Phi) is 7.23. The number of carbonyl (C=O) groups excluding carboxylic acids is 3. The van der Waals surface area contributed by atoms with Gasteiger partial charge in [-0.2, -0.15) is 0 Å². The first-order valence-electron chi connectivity index (χ1n) is 9.91. The van der Waals surface area contributed by atoms with Crippen molar-refractivity contribution in [3.05, 3.63) is 51.4 Å². The fourth-order valence-electron chi connectivity index (χ4n) is 3.27. The molecule has 160 valence electrons. The Bertz CT molecular complexity index is 932. The Labute approximate surface area is 179 Å². The second-order valence-electron chi connectivity index (χ2n) is 7.35. The molecule has 0 saturated heterocycles. The van der Waals surface area contributed by atoms with Crippen LogP contribution in [0.1, 0.15) is 63.4 Å². The highest BCUT2D eigenvalue weighted by atomic mass is 32.1. The molecule has 0 bridgehead atoms. The molecule has 2 aromatic rings. The summed E-state index contributed by atoms with van der Waals surface area (Å²) in [7, 11) is 0. The number of aliphatic hydroxyl groups is 1. The molecule has 1 aromatic heterocycles. The Hall–Kier alpha value is -2.71. The van der Waals surface area contributed by atoms with Crippen molar-refractivity contribution in [3.63, 3.8) is 0 Å². The van der Waals surface area contributed by atoms with Crippen LogP contribution >= 0.6 is 11.3 Å². The summed E-state index contributed by atoms with van der Waals surface area (Å²) in [6.45, 7) is 2.97. The summed E-state index contributed by atoms with van der Waals surface area (Å²) in [4.78, 5) is 38.2. The molecule has 30 heavy (non-hydrogen) atoms. The van der Waals surface area contributed by atoms with Crippen LogP contribution < -0.4 is 5.32 Å². The van der Waals surface area contributed by atoms with E-state index in [0.29, 0.717) is 16.1 Å². The zero-order chi connectivity index (χ0) is 21.7.